The molecule has 0 spiro atoms. The third-order valence-electron chi connectivity index (χ3n) is 2.69. The van der Waals surface area contributed by atoms with Gasteiger partial charge in [-0.2, -0.15) is 0 Å². The topological polar surface area (TPSA) is 105 Å². The van der Waals surface area contributed by atoms with Crippen molar-refractivity contribution < 1.29 is 19.1 Å². The number of thiazole rings is 1. The van der Waals surface area contributed by atoms with Gasteiger partial charge in [-0.3, -0.25) is 4.79 Å². The number of nitrogens with zero attached hydrogens (tertiary/aromatic N) is 1. The van der Waals surface area contributed by atoms with Crippen LogP contribution in [0.15, 0.2) is 29.6 Å². The number of carboxylic acids is 1. The summed E-state index contributed by atoms with van der Waals surface area (Å²) in [7, 11) is 0. The second-order valence-corrected chi connectivity index (χ2v) is 5.09. The summed E-state index contributed by atoms with van der Waals surface area (Å²) in [6.07, 6.45) is 0.0374. The van der Waals surface area contributed by atoms with Crippen LogP contribution in [0.3, 0.4) is 0 Å². The number of aromatic nitrogens is 1. The smallest absolute Gasteiger partial charge is 0.355 e. The summed E-state index contributed by atoms with van der Waals surface area (Å²) < 4.78 is 13.5. The lowest BCUT2D eigenvalue weighted by molar-refractivity contribution is -0.117. The first kappa shape index (κ1) is 15.1. The van der Waals surface area contributed by atoms with Gasteiger partial charge in [-0.05, 0) is 18.1 Å². The molecule has 0 bridgehead atoms. The van der Waals surface area contributed by atoms with Gasteiger partial charge in [-0.15, -0.1) is 11.3 Å². The Bertz CT molecular complexity index is 674. The van der Waals surface area contributed by atoms with E-state index < -0.39 is 23.7 Å². The van der Waals surface area contributed by atoms with Crippen molar-refractivity contribution in [3.8, 4) is 0 Å². The standard InChI is InChI=1S/C13H12FN3O3S/c14-8-4-2-1-3-7(8)5-9(15)11(18)17-13-16-10(6-21-13)12(19)20/h1-4,6,9H,5,15H2,(H,19,20)(H,16,17,18). The number of nitrogens with two attached hydrogens (primary N) is 1. The van der Waals surface area contributed by atoms with E-state index in [0.717, 1.165) is 11.3 Å². The van der Waals surface area contributed by atoms with E-state index in [-0.39, 0.29) is 17.2 Å². The van der Waals surface area contributed by atoms with E-state index in [2.05, 4.69) is 10.3 Å². The van der Waals surface area contributed by atoms with Crippen molar-refractivity contribution >= 4 is 28.3 Å². The molecule has 4 N–H and O–H groups in total. The van der Waals surface area contributed by atoms with Crippen LogP contribution in [0.1, 0.15) is 16.1 Å². The number of aromatic carboxylic acids is 1. The zero-order chi connectivity index (χ0) is 15.4. The fourth-order valence-electron chi connectivity index (χ4n) is 1.62. The molecule has 1 unspecified atom stereocenters. The highest BCUT2D eigenvalue weighted by Crippen LogP contribution is 2.16. The number of carbonyl (C=O) groups excluding carboxylic acids is 1. The largest absolute Gasteiger partial charge is 0.476 e. The second kappa shape index (κ2) is 6.42. The molecular formula is C13H12FN3O3S. The minimum Gasteiger partial charge on any atom is -0.476 e. The summed E-state index contributed by atoms with van der Waals surface area (Å²) in [6, 6.07) is 5.09. The van der Waals surface area contributed by atoms with Gasteiger partial charge < -0.3 is 16.2 Å². The number of carboxylic acid groups (broad SMARTS) is 1. The fraction of sp³-hybridized carbons (Fsp3) is 0.154. The number of carbonyl (C=O) groups is 2. The average molecular weight is 309 g/mol. The number of anilines is 1. The Hall–Kier alpha value is -2.32. The highest BCUT2D eigenvalue weighted by molar-refractivity contribution is 7.14. The number of benzene rings is 1. The molecule has 1 amide bonds. The molecule has 1 aromatic heterocycles. The van der Waals surface area contributed by atoms with Gasteiger partial charge in [0, 0.05) is 5.38 Å². The molecule has 2 rings (SSSR count). The van der Waals surface area contributed by atoms with Crippen molar-refractivity contribution in [1.82, 2.24) is 4.98 Å². The molecular weight excluding hydrogens is 297 g/mol. The van der Waals surface area contributed by atoms with Gasteiger partial charge in [0.1, 0.15) is 5.82 Å². The van der Waals surface area contributed by atoms with E-state index >= 15 is 0 Å². The first-order valence-corrected chi connectivity index (χ1v) is 6.84. The Balaban J connectivity index is 1.99. The summed E-state index contributed by atoms with van der Waals surface area (Å²) in [5.41, 5.74) is 5.90. The van der Waals surface area contributed by atoms with Crippen molar-refractivity contribution in [1.29, 1.82) is 0 Å². The first-order chi connectivity index (χ1) is 9.97. The quantitative estimate of drug-likeness (QED) is 0.776. The van der Waals surface area contributed by atoms with E-state index in [1.807, 2.05) is 0 Å². The van der Waals surface area contributed by atoms with Crippen molar-refractivity contribution in [2.24, 2.45) is 5.73 Å². The van der Waals surface area contributed by atoms with E-state index in [1.165, 1.54) is 11.4 Å². The van der Waals surface area contributed by atoms with Crippen LogP contribution < -0.4 is 11.1 Å². The summed E-state index contributed by atoms with van der Waals surface area (Å²) in [5, 5.41) is 12.6. The summed E-state index contributed by atoms with van der Waals surface area (Å²) >= 11 is 0.980. The molecule has 0 aliphatic heterocycles. The summed E-state index contributed by atoms with van der Waals surface area (Å²) in [6.45, 7) is 0. The van der Waals surface area contributed by atoms with Crippen molar-refractivity contribution in [3.05, 3.63) is 46.7 Å². The fourth-order valence-corrected chi connectivity index (χ4v) is 2.31. The minimum atomic E-state index is -1.18. The molecule has 6 nitrogen and oxygen atoms in total. The number of hydrogen-bond donors (Lipinski definition) is 3. The van der Waals surface area contributed by atoms with Gasteiger partial charge >= 0.3 is 5.97 Å². The third-order valence-corrected chi connectivity index (χ3v) is 3.45. The summed E-state index contributed by atoms with van der Waals surface area (Å²) in [5.74, 6) is -2.16. The highest BCUT2D eigenvalue weighted by atomic mass is 32.1. The van der Waals surface area contributed by atoms with Crippen molar-refractivity contribution in [2.75, 3.05) is 5.32 Å². The lowest BCUT2D eigenvalue weighted by atomic mass is 10.1. The summed E-state index contributed by atoms with van der Waals surface area (Å²) in [4.78, 5) is 26.3. The van der Waals surface area contributed by atoms with Crippen molar-refractivity contribution in [3.63, 3.8) is 0 Å². The zero-order valence-corrected chi connectivity index (χ0v) is 11.6. The maximum atomic E-state index is 13.5. The highest BCUT2D eigenvalue weighted by Gasteiger charge is 2.18. The van der Waals surface area contributed by atoms with Gasteiger partial charge in [0.2, 0.25) is 5.91 Å². The molecule has 0 aliphatic carbocycles. The Labute approximate surface area is 123 Å². The van der Waals surface area contributed by atoms with E-state index in [0.29, 0.717) is 5.56 Å². The van der Waals surface area contributed by atoms with Gasteiger partial charge in [0.15, 0.2) is 10.8 Å². The van der Waals surface area contributed by atoms with Crippen LogP contribution in [-0.4, -0.2) is 28.0 Å². The van der Waals surface area contributed by atoms with Gasteiger partial charge in [-0.1, -0.05) is 18.2 Å². The molecule has 0 radical (unpaired) electrons. The van der Waals surface area contributed by atoms with Crippen LogP contribution in [0.25, 0.3) is 0 Å². The van der Waals surface area contributed by atoms with Gasteiger partial charge in [0.25, 0.3) is 0 Å². The van der Waals surface area contributed by atoms with Crippen LogP contribution in [0, 0.1) is 5.82 Å². The van der Waals surface area contributed by atoms with Gasteiger partial charge in [-0.25, -0.2) is 14.2 Å². The molecule has 2 aromatic rings. The molecule has 0 fully saturated rings. The Morgan fingerprint density at radius 3 is 2.76 bits per heavy atom. The molecule has 1 atom stereocenters. The number of nitrogens with one attached hydrogen (secondary N) is 1. The number of halogens is 1. The Kier molecular flexibility index (Phi) is 4.61. The maximum absolute atomic E-state index is 13.5. The SMILES string of the molecule is NC(Cc1ccccc1F)C(=O)Nc1nc(C(=O)O)cs1. The predicted octanol–water partition coefficient (Wildman–Crippen LogP) is 1.49. The van der Waals surface area contributed by atoms with Crippen LogP contribution in [0.4, 0.5) is 9.52 Å². The third kappa shape index (κ3) is 3.83. The molecule has 21 heavy (non-hydrogen) atoms. The lowest BCUT2D eigenvalue weighted by Crippen LogP contribution is -2.37. The minimum absolute atomic E-state index is 0.0374. The number of hydrogen-bond acceptors (Lipinski definition) is 5. The van der Waals surface area contributed by atoms with Crippen LogP contribution in [-0.2, 0) is 11.2 Å². The van der Waals surface area contributed by atoms with Gasteiger partial charge in [0.05, 0.1) is 6.04 Å². The number of amides is 1. The Morgan fingerprint density at radius 1 is 1.43 bits per heavy atom. The molecule has 0 aliphatic rings. The van der Waals surface area contributed by atoms with Crippen LogP contribution in [0.5, 0.6) is 0 Å². The average Bonchev–Trinajstić information content (AvgIpc) is 2.90. The molecule has 1 heterocycles. The molecule has 0 saturated heterocycles. The van der Waals surface area contributed by atoms with Crippen LogP contribution in [0.2, 0.25) is 0 Å². The van der Waals surface area contributed by atoms with E-state index in [4.69, 9.17) is 10.8 Å². The number of rotatable bonds is 5. The molecule has 1 aromatic carbocycles. The normalized spacial score (nSPS) is 11.9. The van der Waals surface area contributed by atoms with Crippen molar-refractivity contribution in [2.45, 2.75) is 12.5 Å². The second-order valence-electron chi connectivity index (χ2n) is 4.23. The van der Waals surface area contributed by atoms with E-state index in [9.17, 15) is 14.0 Å². The zero-order valence-electron chi connectivity index (χ0n) is 10.7. The molecule has 110 valence electrons. The maximum Gasteiger partial charge on any atom is 0.355 e. The monoisotopic (exact) mass is 309 g/mol. The predicted molar refractivity (Wildman–Crippen MR) is 75.8 cm³/mol. The lowest BCUT2D eigenvalue weighted by Gasteiger charge is -2.11. The van der Waals surface area contributed by atoms with E-state index in [1.54, 1.807) is 18.2 Å². The first-order valence-electron chi connectivity index (χ1n) is 5.96. The molecule has 8 heteroatoms. The Morgan fingerprint density at radius 2 is 2.14 bits per heavy atom. The van der Waals surface area contributed by atoms with Crippen LogP contribution >= 0.6 is 11.3 Å². The molecule has 0 saturated carbocycles.